The second-order valence-corrected chi connectivity index (χ2v) is 10.1. The van der Waals surface area contributed by atoms with E-state index in [0.717, 1.165) is 50.6 Å². The van der Waals surface area contributed by atoms with Gasteiger partial charge in [0.2, 0.25) is 11.8 Å². The average molecular weight is 490 g/mol. The maximum Gasteiger partial charge on any atom is 0.240 e. The molecule has 2 amide bonds. The molecule has 158 valence electrons. The van der Waals surface area contributed by atoms with Gasteiger partial charge in [-0.1, -0.05) is 0 Å². The molecule has 0 saturated carbocycles. The van der Waals surface area contributed by atoms with Crippen LogP contribution < -0.4 is 10.2 Å². The molecular formula is C22H24BrN3O3S. The van der Waals surface area contributed by atoms with Crippen LogP contribution >= 0.6 is 27.3 Å². The number of nitrogens with one attached hydrogen (secondary N) is 1. The fourth-order valence-corrected chi connectivity index (χ4v) is 5.04. The van der Waals surface area contributed by atoms with Crippen LogP contribution in [0.5, 0.6) is 0 Å². The van der Waals surface area contributed by atoms with E-state index in [-0.39, 0.29) is 30.9 Å². The largest absolute Gasteiger partial charge is 0.376 e. The van der Waals surface area contributed by atoms with E-state index >= 15 is 0 Å². The first kappa shape index (κ1) is 21.2. The number of rotatable bonds is 5. The third-order valence-corrected chi connectivity index (χ3v) is 7.14. The molecule has 1 aromatic carbocycles. The first-order valence-electron chi connectivity index (χ1n) is 10.0. The van der Waals surface area contributed by atoms with E-state index in [1.165, 1.54) is 0 Å². The van der Waals surface area contributed by atoms with Crippen molar-refractivity contribution in [3.63, 3.8) is 0 Å². The molecule has 3 heterocycles. The van der Waals surface area contributed by atoms with Gasteiger partial charge in [-0.25, -0.2) is 4.99 Å². The van der Waals surface area contributed by atoms with Crippen LogP contribution in [0, 0.1) is 13.8 Å². The molecule has 8 heteroatoms. The van der Waals surface area contributed by atoms with E-state index in [1.54, 1.807) is 16.2 Å². The number of hydrogen-bond acceptors (Lipinski definition) is 5. The molecule has 6 nitrogen and oxygen atoms in total. The zero-order chi connectivity index (χ0) is 21.3. The van der Waals surface area contributed by atoms with Gasteiger partial charge in [0.1, 0.15) is 6.54 Å². The number of fused-ring (bicyclic) bond motifs is 1. The number of aliphatic imine (C=N–C) groups is 1. The molecule has 2 aromatic rings. The highest BCUT2D eigenvalue weighted by molar-refractivity contribution is 9.11. The van der Waals surface area contributed by atoms with E-state index in [4.69, 9.17) is 9.73 Å². The van der Waals surface area contributed by atoms with Crippen molar-refractivity contribution >= 4 is 56.2 Å². The third-order valence-electron chi connectivity index (χ3n) is 5.47. The number of ether oxygens (including phenoxy) is 1. The lowest BCUT2D eigenvalue weighted by atomic mass is 10.1. The fourth-order valence-electron chi connectivity index (χ4n) is 3.67. The van der Waals surface area contributed by atoms with Crippen molar-refractivity contribution in [2.45, 2.75) is 39.2 Å². The van der Waals surface area contributed by atoms with Crippen molar-refractivity contribution in [1.29, 1.82) is 0 Å². The minimum Gasteiger partial charge on any atom is -0.376 e. The fraction of sp³-hybridized carbons (Fsp3) is 0.409. The van der Waals surface area contributed by atoms with Crippen molar-refractivity contribution in [2.75, 3.05) is 24.6 Å². The Morgan fingerprint density at radius 2 is 2.13 bits per heavy atom. The number of carbonyl (C=O) groups is 2. The minimum atomic E-state index is -0.189. The summed E-state index contributed by atoms with van der Waals surface area (Å²) in [6.07, 6.45) is 2.20. The number of hydrogen-bond donors (Lipinski definition) is 1. The zero-order valence-corrected chi connectivity index (χ0v) is 19.4. The third kappa shape index (κ3) is 4.66. The summed E-state index contributed by atoms with van der Waals surface area (Å²) in [6, 6.07) is 7.86. The lowest BCUT2D eigenvalue weighted by molar-refractivity contribution is -0.123. The topological polar surface area (TPSA) is 71.0 Å². The van der Waals surface area contributed by atoms with Crippen molar-refractivity contribution in [1.82, 2.24) is 5.32 Å². The second kappa shape index (κ2) is 8.99. The molecule has 1 N–H and O–H groups in total. The number of carbonyl (C=O) groups excluding carboxylic acids is 2. The van der Waals surface area contributed by atoms with E-state index in [1.807, 2.05) is 38.1 Å². The molecule has 0 bridgehead atoms. The average Bonchev–Trinajstić information content (AvgIpc) is 3.36. The number of benzene rings is 1. The van der Waals surface area contributed by atoms with Gasteiger partial charge in [-0.3, -0.25) is 9.59 Å². The Kier molecular flexibility index (Phi) is 6.36. The Balaban J connectivity index is 1.60. The van der Waals surface area contributed by atoms with Gasteiger partial charge in [-0.15, -0.1) is 11.3 Å². The van der Waals surface area contributed by atoms with Crippen LogP contribution in [0.1, 0.15) is 35.3 Å². The summed E-state index contributed by atoms with van der Waals surface area (Å²) in [5.74, 6) is -0.321. The predicted octanol–water partition coefficient (Wildman–Crippen LogP) is 4.28. The molecule has 0 radical (unpaired) electrons. The molecule has 4 rings (SSSR count). The minimum absolute atomic E-state index is 0.0298. The normalized spacial score (nSPS) is 18.8. The summed E-state index contributed by atoms with van der Waals surface area (Å²) in [5, 5.41) is 2.92. The highest BCUT2D eigenvalue weighted by Gasteiger charge is 2.28. The van der Waals surface area contributed by atoms with Gasteiger partial charge in [0.05, 0.1) is 38.3 Å². The van der Waals surface area contributed by atoms with Crippen molar-refractivity contribution in [2.24, 2.45) is 4.99 Å². The number of halogens is 1. The molecule has 2 aliphatic heterocycles. The first-order valence-corrected chi connectivity index (χ1v) is 11.6. The summed E-state index contributed by atoms with van der Waals surface area (Å²) in [4.78, 5) is 33.2. The molecule has 1 unspecified atom stereocenters. The Labute approximate surface area is 188 Å². The lowest BCUT2D eigenvalue weighted by Gasteiger charge is -2.23. The van der Waals surface area contributed by atoms with Crippen LogP contribution in [0.2, 0.25) is 0 Å². The van der Waals surface area contributed by atoms with E-state index in [2.05, 4.69) is 21.2 Å². The van der Waals surface area contributed by atoms with Crippen LogP contribution in [-0.4, -0.2) is 43.3 Å². The standard InChI is InChI=1S/C22H24BrN3O3S/c1-13-8-16-18(9-14(13)2)26(12-21(27)24-11-15-4-3-7-29-15)22(28)10-17(25-16)19-5-6-20(23)30-19/h5-6,8-9,15H,3-4,7,10-12H2,1-2H3,(H,24,27). The van der Waals surface area contributed by atoms with Crippen molar-refractivity contribution < 1.29 is 14.3 Å². The molecule has 1 saturated heterocycles. The molecule has 1 fully saturated rings. The Morgan fingerprint density at radius 1 is 1.33 bits per heavy atom. The van der Waals surface area contributed by atoms with E-state index < -0.39 is 0 Å². The molecule has 0 aliphatic carbocycles. The maximum atomic E-state index is 13.2. The van der Waals surface area contributed by atoms with Gasteiger partial charge in [0.25, 0.3) is 0 Å². The predicted molar refractivity (Wildman–Crippen MR) is 123 cm³/mol. The number of amides is 2. The van der Waals surface area contributed by atoms with Crippen LogP contribution in [0.15, 0.2) is 33.0 Å². The van der Waals surface area contributed by atoms with E-state index in [0.29, 0.717) is 12.2 Å². The van der Waals surface area contributed by atoms with Gasteiger partial charge in [0.15, 0.2) is 0 Å². The zero-order valence-electron chi connectivity index (χ0n) is 17.0. The molecule has 0 spiro atoms. The van der Waals surface area contributed by atoms with Crippen molar-refractivity contribution in [3.8, 4) is 0 Å². The Morgan fingerprint density at radius 3 is 2.83 bits per heavy atom. The van der Waals surface area contributed by atoms with Crippen LogP contribution in [-0.2, 0) is 14.3 Å². The number of anilines is 1. The molecule has 30 heavy (non-hydrogen) atoms. The summed E-state index contributed by atoms with van der Waals surface area (Å²) >= 11 is 5.03. The van der Waals surface area contributed by atoms with Crippen LogP contribution in [0.4, 0.5) is 11.4 Å². The smallest absolute Gasteiger partial charge is 0.240 e. The number of nitrogens with zero attached hydrogens (tertiary/aromatic N) is 2. The molecule has 2 aliphatic rings. The van der Waals surface area contributed by atoms with Gasteiger partial charge in [0, 0.05) is 13.2 Å². The van der Waals surface area contributed by atoms with Gasteiger partial charge in [-0.05, 0) is 78.0 Å². The Hall–Kier alpha value is -2.03. The monoisotopic (exact) mass is 489 g/mol. The summed E-state index contributed by atoms with van der Waals surface area (Å²) in [5.41, 5.74) is 4.28. The molecular weight excluding hydrogens is 466 g/mol. The van der Waals surface area contributed by atoms with Crippen LogP contribution in [0.25, 0.3) is 0 Å². The summed E-state index contributed by atoms with van der Waals surface area (Å²) in [7, 11) is 0. The maximum absolute atomic E-state index is 13.2. The van der Waals surface area contributed by atoms with Gasteiger partial charge in [-0.2, -0.15) is 0 Å². The molecule has 1 aromatic heterocycles. The van der Waals surface area contributed by atoms with Crippen molar-refractivity contribution in [3.05, 3.63) is 44.1 Å². The Bertz CT molecular complexity index is 1010. The second-order valence-electron chi connectivity index (χ2n) is 7.68. The van der Waals surface area contributed by atoms with Crippen LogP contribution in [0.3, 0.4) is 0 Å². The molecule has 1 atom stereocenters. The summed E-state index contributed by atoms with van der Waals surface area (Å²) < 4.78 is 6.56. The van der Waals surface area contributed by atoms with E-state index in [9.17, 15) is 9.59 Å². The van der Waals surface area contributed by atoms with Gasteiger partial charge < -0.3 is 15.0 Å². The number of thiophene rings is 1. The quantitative estimate of drug-likeness (QED) is 0.680. The lowest BCUT2D eigenvalue weighted by Crippen LogP contribution is -2.43. The van der Waals surface area contributed by atoms with Gasteiger partial charge >= 0.3 is 0 Å². The highest BCUT2D eigenvalue weighted by Crippen LogP contribution is 2.36. The number of aryl methyl sites for hydroxylation is 2. The summed E-state index contributed by atoms with van der Waals surface area (Å²) in [6.45, 7) is 5.22. The first-order chi connectivity index (χ1) is 14.4. The SMILES string of the molecule is Cc1cc2c(cc1C)N(CC(=O)NCC1CCCO1)C(=O)CC(c1ccc(Br)s1)=N2. The highest BCUT2D eigenvalue weighted by atomic mass is 79.9.